The Morgan fingerprint density at radius 3 is 3.00 bits per heavy atom. The number of hydrogen-bond acceptors (Lipinski definition) is 3. The Morgan fingerprint density at radius 2 is 2.22 bits per heavy atom. The van der Waals surface area contributed by atoms with Crippen molar-refractivity contribution in [3.05, 3.63) is 47.5 Å². The van der Waals surface area contributed by atoms with Crippen molar-refractivity contribution >= 4 is 5.91 Å². The fourth-order valence-electron chi connectivity index (χ4n) is 3.23. The van der Waals surface area contributed by atoms with Gasteiger partial charge >= 0.3 is 0 Å². The Bertz CT molecular complexity index is 690. The number of carbonyl (C=O) groups is 1. The van der Waals surface area contributed by atoms with Gasteiger partial charge < -0.3 is 4.90 Å². The molecule has 3 heterocycles. The largest absolute Gasteiger partial charge is 0.335 e. The molecule has 0 radical (unpaired) electrons. The van der Waals surface area contributed by atoms with Gasteiger partial charge in [0.15, 0.2) is 0 Å². The molecule has 2 aliphatic rings. The standard InChI is InChI=1S/C18H22N4O/c23-18(5-1-3-14-4-2-8-19-12-14)21-9-10-22-16(13-21)11-17(20-22)15-6-7-15/h2,4,8,11-12,15H,1,3,5-7,9-10,13H2. The van der Waals surface area contributed by atoms with Crippen LogP contribution in [0.5, 0.6) is 0 Å². The summed E-state index contributed by atoms with van der Waals surface area (Å²) in [5.74, 6) is 0.936. The Hall–Kier alpha value is -2.17. The normalized spacial score (nSPS) is 17.1. The molecule has 0 spiro atoms. The number of aromatic nitrogens is 3. The van der Waals surface area contributed by atoms with Crippen molar-refractivity contribution in [2.45, 2.75) is 51.1 Å². The van der Waals surface area contributed by atoms with Gasteiger partial charge in [0.25, 0.3) is 0 Å². The Kier molecular flexibility index (Phi) is 3.85. The summed E-state index contributed by atoms with van der Waals surface area (Å²) in [5.41, 5.74) is 3.62. The Labute approximate surface area is 136 Å². The van der Waals surface area contributed by atoms with Crippen LogP contribution in [0.2, 0.25) is 0 Å². The second kappa shape index (κ2) is 6.14. The summed E-state index contributed by atoms with van der Waals surface area (Å²) in [6.07, 6.45) is 8.61. The van der Waals surface area contributed by atoms with E-state index in [1.165, 1.54) is 29.8 Å². The minimum absolute atomic E-state index is 0.259. The lowest BCUT2D eigenvalue weighted by Gasteiger charge is -2.27. The molecule has 2 aromatic heterocycles. The van der Waals surface area contributed by atoms with E-state index >= 15 is 0 Å². The van der Waals surface area contributed by atoms with Crippen LogP contribution in [-0.2, 0) is 24.3 Å². The van der Waals surface area contributed by atoms with Gasteiger partial charge in [-0.25, -0.2) is 0 Å². The minimum Gasteiger partial charge on any atom is -0.335 e. The number of nitrogens with zero attached hydrogens (tertiary/aromatic N) is 4. The smallest absolute Gasteiger partial charge is 0.222 e. The molecule has 23 heavy (non-hydrogen) atoms. The predicted molar refractivity (Wildman–Crippen MR) is 86.8 cm³/mol. The highest BCUT2D eigenvalue weighted by Crippen LogP contribution is 2.39. The number of fused-ring (bicyclic) bond motifs is 1. The van der Waals surface area contributed by atoms with Crippen molar-refractivity contribution in [3.63, 3.8) is 0 Å². The summed E-state index contributed by atoms with van der Waals surface area (Å²) >= 11 is 0. The van der Waals surface area contributed by atoms with Crippen LogP contribution in [0, 0.1) is 0 Å². The first-order chi connectivity index (χ1) is 11.3. The van der Waals surface area contributed by atoms with Gasteiger partial charge in [-0.15, -0.1) is 0 Å². The number of amides is 1. The van der Waals surface area contributed by atoms with Crippen LogP contribution in [-0.4, -0.2) is 32.1 Å². The molecule has 5 nitrogen and oxygen atoms in total. The minimum atomic E-state index is 0.259. The van der Waals surface area contributed by atoms with Crippen molar-refractivity contribution in [1.82, 2.24) is 19.7 Å². The highest BCUT2D eigenvalue weighted by atomic mass is 16.2. The van der Waals surface area contributed by atoms with Gasteiger partial charge in [0.1, 0.15) is 0 Å². The number of carbonyl (C=O) groups excluding carboxylic acids is 1. The van der Waals surface area contributed by atoms with E-state index in [-0.39, 0.29) is 5.91 Å². The zero-order valence-corrected chi connectivity index (χ0v) is 13.3. The van der Waals surface area contributed by atoms with Crippen molar-refractivity contribution in [1.29, 1.82) is 0 Å². The van der Waals surface area contributed by atoms with Gasteiger partial charge in [-0.05, 0) is 43.4 Å². The second-order valence-corrected chi connectivity index (χ2v) is 6.59. The lowest BCUT2D eigenvalue weighted by atomic mass is 10.1. The maximum atomic E-state index is 12.4. The maximum absolute atomic E-state index is 12.4. The first-order valence-electron chi connectivity index (χ1n) is 8.53. The van der Waals surface area contributed by atoms with E-state index in [1.807, 2.05) is 17.2 Å². The van der Waals surface area contributed by atoms with Crippen molar-refractivity contribution < 1.29 is 4.79 Å². The summed E-state index contributed by atoms with van der Waals surface area (Å²) < 4.78 is 2.09. The van der Waals surface area contributed by atoms with E-state index in [1.54, 1.807) is 6.20 Å². The molecule has 1 amide bonds. The number of hydrogen-bond donors (Lipinski definition) is 0. The summed E-state index contributed by atoms with van der Waals surface area (Å²) in [6, 6.07) is 6.21. The lowest BCUT2D eigenvalue weighted by molar-refractivity contribution is -0.132. The number of pyridine rings is 1. The van der Waals surface area contributed by atoms with Crippen molar-refractivity contribution in [2.75, 3.05) is 6.54 Å². The number of rotatable bonds is 5. The van der Waals surface area contributed by atoms with E-state index in [2.05, 4.69) is 26.9 Å². The van der Waals surface area contributed by atoms with E-state index in [0.717, 1.165) is 25.9 Å². The van der Waals surface area contributed by atoms with Gasteiger partial charge in [0.05, 0.1) is 24.5 Å². The number of aryl methyl sites for hydroxylation is 1. The van der Waals surface area contributed by atoms with Crippen LogP contribution in [0.1, 0.15) is 48.6 Å². The van der Waals surface area contributed by atoms with Crippen LogP contribution in [0.3, 0.4) is 0 Å². The van der Waals surface area contributed by atoms with E-state index in [0.29, 0.717) is 18.9 Å². The molecule has 4 rings (SSSR count). The summed E-state index contributed by atoms with van der Waals surface area (Å²) in [5, 5.41) is 4.68. The molecule has 1 fully saturated rings. The summed E-state index contributed by atoms with van der Waals surface area (Å²) in [6.45, 7) is 2.33. The van der Waals surface area contributed by atoms with E-state index in [4.69, 9.17) is 0 Å². The molecule has 0 atom stereocenters. The molecule has 1 aliphatic carbocycles. The molecule has 0 aromatic carbocycles. The third kappa shape index (κ3) is 3.28. The third-order valence-electron chi connectivity index (χ3n) is 4.74. The van der Waals surface area contributed by atoms with E-state index in [9.17, 15) is 4.79 Å². The van der Waals surface area contributed by atoms with Gasteiger partial charge in [-0.3, -0.25) is 14.5 Å². The topological polar surface area (TPSA) is 51.0 Å². The van der Waals surface area contributed by atoms with Crippen LogP contribution >= 0.6 is 0 Å². The molecular formula is C18H22N4O. The molecule has 0 saturated heterocycles. The van der Waals surface area contributed by atoms with Crippen molar-refractivity contribution in [2.24, 2.45) is 0 Å². The van der Waals surface area contributed by atoms with Crippen LogP contribution in [0.25, 0.3) is 0 Å². The molecule has 5 heteroatoms. The van der Waals surface area contributed by atoms with Crippen LogP contribution in [0.4, 0.5) is 0 Å². The summed E-state index contributed by atoms with van der Waals surface area (Å²) in [4.78, 5) is 18.5. The fourth-order valence-corrected chi connectivity index (χ4v) is 3.23. The molecule has 0 N–H and O–H groups in total. The summed E-state index contributed by atoms with van der Waals surface area (Å²) in [7, 11) is 0. The second-order valence-electron chi connectivity index (χ2n) is 6.59. The molecule has 0 bridgehead atoms. The molecule has 1 aliphatic heterocycles. The Balaban J connectivity index is 1.30. The zero-order chi connectivity index (χ0) is 15.6. The van der Waals surface area contributed by atoms with Gasteiger partial charge in [-0.2, -0.15) is 5.10 Å². The molecular weight excluding hydrogens is 288 g/mol. The average Bonchev–Trinajstić information content (AvgIpc) is 3.34. The zero-order valence-electron chi connectivity index (χ0n) is 13.3. The van der Waals surface area contributed by atoms with Gasteiger partial charge in [0.2, 0.25) is 5.91 Å². The quantitative estimate of drug-likeness (QED) is 0.852. The van der Waals surface area contributed by atoms with E-state index < -0.39 is 0 Å². The molecule has 0 unspecified atom stereocenters. The molecule has 2 aromatic rings. The van der Waals surface area contributed by atoms with Gasteiger partial charge in [0, 0.05) is 31.3 Å². The lowest BCUT2D eigenvalue weighted by Crippen LogP contribution is -2.38. The first-order valence-corrected chi connectivity index (χ1v) is 8.53. The average molecular weight is 310 g/mol. The predicted octanol–water partition coefficient (Wildman–Crippen LogP) is 2.52. The first kappa shape index (κ1) is 14.4. The SMILES string of the molecule is O=C(CCCc1cccnc1)N1CCn2nc(C3CC3)cc2C1. The highest BCUT2D eigenvalue weighted by molar-refractivity contribution is 5.76. The van der Waals surface area contributed by atoms with Crippen molar-refractivity contribution in [3.8, 4) is 0 Å². The monoisotopic (exact) mass is 310 g/mol. The van der Waals surface area contributed by atoms with Crippen LogP contribution < -0.4 is 0 Å². The van der Waals surface area contributed by atoms with Crippen LogP contribution in [0.15, 0.2) is 30.6 Å². The Morgan fingerprint density at radius 1 is 1.30 bits per heavy atom. The van der Waals surface area contributed by atoms with Gasteiger partial charge in [-0.1, -0.05) is 6.07 Å². The molecule has 120 valence electrons. The highest BCUT2D eigenvalue weighted by Gasteiger charge is 2.29. The third-order valence-corrected chi connectivity index (χ3v) is 4.74. The fraction of sp³-hybridized carbons (Fsp3) is 0.500. The molecule has 1 saturated carbocycles. The maximum Gasteiger partial charge on any atom is 0.222 e.